The van der Waals surface area contributed by atoms with Gasteiger partial charge < -0.3 is 9.36 Å². The van der Waals surface area contributed by atoms with Crippen molar-refractivity contribution < 1.29 is 32.6 Å². The number of nitrogens with two attached hydrogens (primary N) is 1. The summed E-state index contributed by atoms with van der Waals surface area (Å²) in [4.78, 5) is 13.5. The second kappa shape index (κ2) is 4.54. The summed E-state index contributed by atoms with van der Waals surface area (Å²) in [5.41, 5.74) is 0. The molecule has 1 unspecified atom stereocenters. The van der Waals surface area contributed by atoms with Gasteiger partial charge in [-0.25, -0.2) is 18.6 Å². The molecule has 0 fully saturated rings. The molecular formula is CH4NO7PS. The van der Waals surface area contributed by atoms with E-state index in [4.69, 9.17) is 5.26 Å². The fraction of sp³-hybridized carbons (Fsp3) is 0. The first-order valence-electron chi connectivity index (χ1n) is 1.94. The molecule has 0 aromatic heterocycles. The van der Waals surface area contributed by atoms with Crippen molar-refractivity contribution in [2.75, 3.05) is 0 Å². The maximum Gasteiger partial charge on any atom is 0.573 e. The summed E-state index contributed by atoms with van der Waals surface area (Å²) in [5, 5.41) is 7.82. The minimum absolute atomic E-state index is 1.54. The Morgan fingerprint density at radius 3 is 2.45 bits per heavy atom. The molecule has 0 saturated carbocycles. The van der Waals surface area contributed by atoms with Crippen LogP contribution in [0.5, 0.6) is 0 Å². The molecule has 0 aliphatic carbocycles. The summed E-state index contributed by atoms with van der Waals surface area (Å²) in [6.45, 7) is 0. The van der Waals surface area contributed by atoms with Crippen LogP contribution in [0, 0.1) is 0 Å². The highest BCUT2D eigenvalue weighted by Crippen LogP contribution is 2.49. The standard InChI is InChI=1S/CH4NO7PS/c2-6-1(3)7-10(5,8-4)9-11/h4,11H,2H2. The number of rotatable bonds is 3. The van der Waals surface area contributed by atoms with Crippen LogP contribution in [0.3, 0.4) is 0 Å². The average molecular weight is 205 g/mol. The van der Waals surface area contributed by atoms with Gasteiger partial charge in [-0.05, 0) is 12.9 Å². The second-order valence-electron chi connectivity index (χ2n) is 1.07. The van der Waals surface area contributed by atoms with Gasteiger partial charge in [0.15, 0.2) is 0 Å². The minimum Gasteiger partial charge on any atom is -0.341 e. The molecule has 0 heterocycles. The zero-order chi connectivity index (χ0) is 8.91. The van der Waals surface area contributed by atoms with Crippen LogP contribution in [-0.4, -0.2) is 11.4 Å². The average Bonchev–Trinajstić information content (AvgIpc) is 2.04. The van der Waals surface area contributed by atoms with Crippen LogP contribution in [-0.2, 0) is 22.6 Å². The van der Waals surface area contributed by atoms with Crippen LogP contribution in [0.4, 0.5) is 4.79 Å². The Kier molecular flexibility index (Phi) is 4.42. The van der Waals surface area contributed by atoms with Gasteiger partial charge in [-0.2, -0.15) is 5.90 Å². The lowest BCUT2D eigenvalue weighted by atomic mass is 11.4. The van der Waals surface area contributed by atoms with E-state index in [-0.39, 0.29) is 0 Å². The molecule has 3 N–H and O–H groups in total. The molecule has 0 aromatic carbocycles. The molecule has 0 spiro atoms. The molecule has 0 aliphatic heterocycles. The van der Waals surface area contributed by atoms with Gasteiger partial charge in [0.25, 0.3) is 0 Å². The topological polar surface area (TPSA) is 117 Å². The Labute approximate surface area is 66.3 Å². The van der Waals surface area contributed by atoms with Crippen molar-refractivity contribution in [3.05, 3.63) is 0 Å². The lowest BCUT2D eigenvalue weighted by Gasteiger charge is -2.07. The molecule has 0 aromatic rings. The first-order valence-corrected chi connectivity index (χ1v) is 3.77. The van der Waals surface area contributed by atoms with Gasteiger partial charge in [0.05, 0.1) is 0 Å². The smallest absolute Gasteiger partial charge is 0.341 e. The van der Waals surface area contributed by atoms with Crippen LogP contribution in [0.15, 0.2) is 0 Å². The molecule has 0 saturated heterocycles. The van der Waals surface area contributed by atoms with E-state index in [0.717, 1.165) is 0 Å². The van der Waals surface area contributed by atoms with Gasteiger partial charge in [-0.1, -0.05) is 0 Å². The number of hydrogen-bond acceptors (Lipinski definition) is 9. The highest BCUT2D eigenvalue weighted by molar-refractivity contribution is 7.80. The van der Waals surface area contributed by atoms with E-state index in [1.807, 2.05) is 0 Å². The monoisotopic (exact) mass is 205 g/mol. The Bertz CT molecular complexity index is 173. The van der Waals surface area contributed by atoms with E-state index in [1.165, 1.54) is 0 Å². The summed E-state index contributed by atoms with van der Waals surface area (Å²) in [6, 6.07) is 0. The Morgan fingerprint density at radius 2 is 2.18 bits per heavy atom. The Balaban J connectivity index is 4.09. The van der Waals surface area contributed by atoms with Crippen molar-refractivity contribution in [3.8, 4) is 0 Å². The number of carbonyl (C=O) groups excluding carboxylic acids is 1. The van der Waals surface area contributed by atoms with E-state index in [2.05, 4.69) is 36.8 Å². The highest BCUT2D eigenvalue weighted by atomic mass is 32.1. The predicted octanol–water partition coefficient (Wildman–Crippen LogP) is 0.472. The minimum atomic E-state index is -4.39. The SMILES string of the molecule is NOC(=O)OP(=O)(OO)OS. The first kappa shape index (κ1) is 10.7. The van der Waals surface area contributed by atoms with Crippen molar-refractivity contribution in [1.82, 2.24) is 0 Å². The molecule has 0 aliphatic rings. The quantitative estimate of drug-likeness (QED) is 0.200. The number of hydrogen-bond donors (Lipinski definition) is 3. The Morgan fingerprint density at radius 1 is 1.64 bits per heavy atom. The van der Waals surface area contributed by atoms with E-state index < -0.39 is 14.0 Å². The molecule has 0 amide bonds. The first-order chi connectivity index (χ1) is 5.08. The van der Waals surface area contributed by atoms with Crippen LogP contribution < -0.4 is 5.90 Å². The maximum atomic E-state index is 10.6. The van der Waals surface area contributed by atoms with Crippen molar-refractivity contribution in [2.24, 2.45) is 5.90 Å². The van der Waals surface area contributed by atoms with Crippen molar-refractivity contribution >= 4 is 26.9 Å². The summed E-state index contributed by atoms with van der Waals surface area (Å²) in [7, 11) is -4.39. The number of carbonyl (C=O) groups is 1. The fourth-order valence-corrected chi connectivity index (χ4v) is 0.673. The van der Waals surface area contributed by atoms with Crippen LogP contribution in [0.1, 0.15) is 0 Å². The van der Waals surface area contributed by atoms with Gasteiger partial charge >= 0.3 is 14.0 Å². The third kappa shape index (κ3) is 3.56. The summed E-state index contributed by atoms with van der Waals surface area (Å²) in [6.07, 6.45) is -1.54. The molecule has 0 radical (unpaired) electrons. The Hall–Kier alpha value is -0.310. The summed E-state index contributed by atoms with van der Waals surface area (Å²) >= 11 is 2.97. The zero-order valence-electron chi connectivity index (χ0n) is 4.87. The van der Waals surface area contributed by atoms with Crippen LogP contribution in [0.25, 0.3) is 0 Å². The molecule has 66 valence electrons. The fourth-order valence-electron chi connectivity index (χ4n) is 0.161. The van der Waals surface area contributed by atoms with Gasteiger partial charge in [-0.3, -0.25) is 0 Å². The second-order valence-corrected chi connectivity index (χ2v) is 2.96. The third-order valence-electron chi connectivity index (χ3n) is 0.483. The molecule has 0 bridgehead atoms. The lowest BCUT2D eigenvalue weighted by Crippen LogP contribution is -2.11. The number of thiol groups is 1. The molecule has 0 rings (SSSR count). The van der Waals surface area contributed by atoms with E-state index in [1.54, 1.807) is 0 Å². The van der Waals surface area contributed by atoms with Crippen molar-refractivity contribution in [2.45, 2.75) is 0 Å². The van der Waals surface area contributed by atoms with Crippen molar-refractivity contribution in [1.29, 1.82) is 0 Å². The van der Waals surface area contributed by atoms with Crippen LogP contribution >= 0.6 is 20.7 Å². The maximum absolute atomic E-state index is 10.6. The molecule has 1 atom stereocenters. The molecule has 11 heavy (non-hydrogen) atoms. The summed E-state index contributed by atoms with van der Waals surface area (Å²) < 4.78 is 21.1. The van der Waals surface area contributed by atoms with Gasteiger partial charge in [0, 0.05) is 0 Å². The van der Waals surface area contributed by atoms with E-state index in [9.17, 15) is 9.36 Å². The normalized spacial score (nSPS) is 15.2. The van der Waals surface area contributed by atoms with Gasteiger partial charge in [-0.15, -0.1) is 4.67 Å². The predicted molar refractivity (Wildman–Crippen MR) is 33.1 cm³/mol. The molecule has 10 heteroatoms. The largest absolute Gasteiger partial charge is 0.573 e. The van der Waals surface area contributed by atoms with Gasteiger partial charge in [0.1, 0.15) is 0 Å². The zero-order valence-corrected chi connectivity index (χ0v) is 6.66. The molecular weight excluding hydrogens is 201 g/mol. The summed E-state index contributed by atoms with van der Waals surface area (Å²) in [5.74, 6) is 4.28. The van der Waals surface area contributed by atoms with E-state index >= 15 is 0 Å². The number of phosphoric acid groups is 1. The van der Waals surface area contributed by atoms with Gasteiger partial charge in [0.2, 0.25) is 0 Å². The van der Waals surface area contributed by atoms with Crippen molar-refractivity contribution in [3.63, 3.8) is 0 Å². The van der Waals surface area contributed by atoms with Crippen LogP contribution in [0.2, 0.25) is 0 Å². The molecule has 8 nitrogen and oxygen atoms in total. The van der Waals surface area contributed by atoms with E-state index in [0.29, 0.717) is 0 Å². The lowest BCUT2D eigenvalue weighted by molar-refractivity contribution is -0.157. The third-order valence-corrected chi connectivity index (χ3v) is 1.86. The highest BCUT2D eigenvalue weighted by Gasteiger charge is 2.31.